The van der Waals surface area contributed by atoms with Crippen LogP contribution in [0.5, 0.6) is 0 Å². The summed E-state index contributed by atoms with van der Waals surface area (Å²) in [4.78, 5) is 14.4. The zero-order valence-corrected chi connectivity index (χ0v) is 29.8. The van der Waals surface area contributed by atoms with Gasteiger partial charge in [-0.05, 0) is 70.6 Å². The summed E-state index contributed by atoms with van der Waals surface area (Å²) in [6.45, 7) is 6.41. The highest BCUT2D eigenvalue weighted by molar-refractivity contribution is 6.09. The SMILES string of the molecule is CC(C)(C)c1ccc2c(c1)c1ccccc1n2-c1ccc(-c2cc(C(F)(F)F)cc(C(F)(F)F)c2)c(-c2nc(-c3ccccc3)nc(-c3ccccc3)n2)c1. The third-order valence-electron chi connectivity index (χ3n) is 9.64. The first-order chi connectivity index (χ1) is 26.1. The lowest BCUT2D eigenvalue weighted by Gasteiger charge is -2.19. The quantitative estimate of drug-likeness (QED) is 0.165. The molecule has 0 saturated carbocycles. The molecule has 0 bridgehead atoms. The van der Waals surface area contributed by atoms with Crippen molar-refractivity contribution in [3.63, 3.8) is 0 Å². The van der Waals surface area contributed by atoms with Gasteiger partial charge < -0.3 is 4.57 Å². The van der Waals surface area contributed by atoms with Crippen LogP contribution in [-0.4, -0.2) is 19.5 Å². The molecule has 0 fully saturated rings. The van der Waals surface area contributed by atoms with E-state index in [9.17, 15) is 26.3 Å². The summed E-state index contributed by atoms with van der Waals surface area (Å²) in [5.41, 5.74) is 1.83. The Morgan fingerprint density at radius 3 is 1.51 bits per heavy atom. The number of hydrogen-bond acceptors (Lipinski definition) is 3. The van der Waals surface area contributed by atoms with E-state index >= 15 is 0 Å². The first-order valence-electron chi connectivity index (χ1n) is 17.5. The Bertz CT molecular complexity index is 2620. The molecule has 0 atom stereocenters. The van der Waals surface area contributed by atoms with Crippen LogP contribution in [0.2, 0.25) is 0 Å². The topological polar surface area (TPSA) is 43.6 Å². The van der Waals surface area contributed by atoms with Crippen LogP contribution in [0, 0.1) is 0 Å². The van der Waals surface area contributed by atoms with E-state index in [-0.39, 0.29) is 45.6 Å². The summed E-state index contributed by atoms with van der Waals surface area (Å²) in [7, 11) is 0. The predicted octanol–water partition coefficient (Wildman–Crippen LogP) is 13.0. The molecule has 0 radical (unpaired) electrons. The van der Waals surface area contributed by atoms with Crippen LogP contribution < -0.4 is 0 Å². The Labute approximate surface area is 312 Å². The zero-order valence-electron chi connectivity index (χ0n) is 29.8. The van der Waals surface area contributed by atoms with E-state index in [4.69, 9.17) is 15.0 Å². The molecule has 0 spiro atoms. The average Bonchev–Trinajstić information content (AvgIpc) is 3.51. The summed E-state index contributed by atoms with van der Waals surface area (Å²) >= 11 is 0. The van der Waals surface area contributed by atoms with Gasteiger partial charge in [-0.3, -0.25) is 0 Å². The predicted molar refractivity (Wildman–Crippen MR) is 205 cm³/mol. The number of rotatable bonds is 5. The molecular formula is C45H32F6N4. The maximum absolute atomic E-state index is 14.2. The van der Waals surface area contributed by atoms with Crippen LogP contribution in [0.25, 0.3) is 72.8 Å². The van der Waals surface area contributed by atoms with Crippen LogP contribution in [0.15, 0.2) is 140 Å². The Hall–Kier alpha value is -6.29. The van der Waals surface area contributed by atoms with Crippen molar-refractivity contribution < 1.29 is 26.3 Å². The summed E-state index contributed by atoms with van der Waals surface area (Å²) in [5.74, 6) is 0.645. The lowest BCUT2D eigenvalue weighted by molar-refractivity contribution is -0.143. The smallest absolute Gasteiger partial charge is 0.309 e. The van der Waals surface area contributed by atoms with E-state index in [0.29, 0.717) is 16.8 Å². The van der Waals surface area contributed by atoms with Gasteiger partial charge in [0.1, 0.15) is 0 Å². The Kier molecular flexibility index (Phi) is 8.59. The fourth-order valence-corrected chi connectivity index (χ4v) is 6.87. The van der Waals surface area contributed by atoms with Gasteiger partial charge >= 0.3 is 12.4 Å². The number of alkyl halides is 6. The molecule has 0 N–H and O–H groups in total. The van der Waals surface area contributed by atoms with Crippen LogP contribution in [0.3, 0.4) is 0 Å². The minimum atomic E-state index is -5.04. The van der Waals surface area contributed by atoms with Crippen molar-refractivity contribution in [3.8, 4) is 51.0 Å². The lowest BCUT2D eigenvalue weighted by Crippen LogP contribution is -2.11. The molecule has 6 aromatic carbocycles. The van der Waals surface area contributed by atoms with Gasteiger partial charge in [0.15, 0.2) is 17.5 Å². The molecule has 8 rings (SSSR count). The summed E-state index contributed by atoms with van der Waals surface area (Å²) in [6, 6.07) is 39.0. The molecule has 0 aliphatic heterocycles. The van der Waals surface area contributed by atoms with Crippen LogP contribution in [0.1, 0.15) is 37.5 Å². The summed E-state index contributed by atoms with van der Waals surface area (Å²) < 4.78 is 87.2. The first-order valence-corrected chi connectivity index (χ1v) is 17.5. The second kappa shape index (κ2) is 13.2. The molecule has 274 valence electrons. The fourth-order valence-electron chi connectivity index (χ4n) is 6.87. The highest BCUT2D eigenvalue weighted by atomic mass is 19.4. The monoisotopic (exact) mass is 742 g/mol. The van der Waals surface area contributed by atoms with Crippen LogP contribution in [-0.2, 0) is 17.8 Å². The van der Waals surface area contributed by atoms with Gasteiger partial charge in [0, 0.05) is 33.2 Å². The molecule has 0 aliphatic carbocycles. The van der Waals surface area contributed by atoms with Gasteiger partial charge in [0.2, 0.25) is 0 Å². The lowest BCUT2D eigenvalue weighted by atomic mass is 9.86. The molecule has 2 heterocycles. The summed E-state index contributed by atoms with van der Waals surface area (Å²) in [5, 5.41) is 1.99. The van der Waals surface area contributed by atoms with Gasteiger partial charge in [0.05, 0.1) is 22.2 Å². The highest BCUT2D eigenvalue weighted by Crippen LogP contribution is 2.43. The largest absolute Gasteiger partial charge is 0.416 e. The van der Waals surface area contributed by atoms with Crippen molar-refractivity contribution >= 4 is 21.8 Å². The molecule has 10 heteroatoms. The summed E-state index contributed by atoms with van der Waals surface area (Å²) in [6.07, 6.45) is -10.1. The van der Waals surface area contributed by atoms with Crippen molar-refractivity contribution in [1.82, 2.24) is 19.5 Å². The van der Waals surface area contributed by atoms with Gasteiger partial charge in [-0.1, -0.05) is 112 Å². The van der Waals surface area contributed by atoms with Crippen molar-refractivity contribution in [2.75, 3.05) is 0 Å². The maximum Gasteiger partial charge on any atom is 0.416 e. The van der Waals surface area contributed by atoms with Gasteiger partial charge in [-0.25, -0.2) is 15.0 Å². The highest BCUT2D eigenvalue weighted by Gasteiger charge is 2.37. The normalized spacial score (nSPS) is 12.5. The molecule has 0 unspecified atom stereocenters. The minimum Gasteiger partial charge on any atom is -0.309 e. The number of hydrogen-bond donors (Lipinski definition) is 0. The van der Waals surface area contributed by atoms with Crippen molar-refractivity contribution in [2.45, 2.75) is 38.5 Å². The molecule has 0 aliphatic rings. The fraction of sp³-hybridized carbons (Fsp3) is 0.133. The number of halogens is 6. The second-order valence-corrected chi connectivity index (χ2v) is 14.4. The van der Waals surface area contributed by atoms with E-state index < -0.39 is 23.5 Å². The van der Waals surface area contributed by atoms with Gasteiger partial charge in [-0.15, -0.1) is 0 Å². The van der Waals surface area contributed by atoms with Gasteiger partial charge in [-0.2, -0.15) is 26.3 Å². The first kappa shape index (κ1) is 35.7. The number of aromatic nitrogens is 4. The van der Waals surface area contributed by atoms with E-state index in [1.807, 2.05) is 95.6 Å². The van der Waals surface area contributed by atoms with E-state index in [2.05, 4.69) is 32.9 Å². The van der Waals surface area contributed by atoms with Crippen molar-refractivity contribution in [3.05, 3.63) is 156 Å². The Balaban J connectivity index is 1.46. The molecular weight excluding hydrogens is 711 g/mol. The van der Waals surface area contributed by atoms with E-state index in [0.717, 1.165) is 39.5 Å². The molecule has 0 amide bonds. The standard InChI is InChI=1S/C45H32F6N4/c1-43(2,3)30-18-21-39-36(25-30)35-16-10-11-17-38(35)55(39)33-19-20-34(29-22-31(44(46,47)48)24-32(23-29)45(49,50)51)37(26-33)42-53-40(27-12-6-4-7-13-27)52-41(54-42)28-14-8-5-9-15-28/h4-26H,1-3H3. The van der Waals surface area contributed by atoms with Gasteiger partial charge in [0.25, 0.3) is 0 Å². The molecule has 55 heavy (non-hydrogen) atoms. The maximum atomic E-state index is 14.2. The van der Waals surface area contributed by atoms with Crippen molar-refractivity contribution in [1.29, 1.82) is 0 Å². The van der Waals surface area contributed by atoms with Crippen LogP contribution in [0.4, 0.5) is 26.3 Å². The number of para-hydroxylation sites is 1. The second-order valence-electron chi connectivity index (χ2n) is 14.4. The van der Waals surface area contributed by atoms with E-state index in [1.54, 1.807) is 18.2 Å². The van der Waals surface area contributed by atoms with E-state index in [1.165, 1.54) is 0 Å². The third-order valence-corrected chi connectivity index (χ3v) is 9.64. The molecule has 4 nitrogen and oxygen atoms in total. The average molecular weight is 743 g/mol. The number of benzene rings is 6. The minimum absolute atomic E-state index is 0.0753. The Morgan fingerprint density at radius 1 is 0.418 bits per heavy atom. The molecule has 2 aromatic heterocycles. The molecule has 8 aromatic rings. The van der Waals surface area contributed by atoms with Crippen molar-refractivity contribution in [2.24, 2.45) is 0 Å². The zero-order chi connectivity index (χ0) is 38.7. The molecule has 0 saturated heterocycles. The number of nitrogens with zero attached hydrogens (tertiary/aromatic N) is 4. The third kappa shape index (κ3) is 6.84. The Morgan fingerprint density at radius 2 is 0.945 bits per heavy atom. The van der Waals surface area contributed by atoms with Crippen LogP contribution >= 0.6 is 0 Å². The number of fused-ring (bicyclic) bond motifs is 3.